The second kappa shape index (κ2) is 13.8. The van der Waals surface area contributed by atoms with E-state index in [1.807, 2.05) is 6.26 Å². The molecule has 0 spiro atoms. The minimum atomic E-state index is -3.08. The lowest BCUT2D eigenvalue weighted by molar-refractivity contribution is -0.133. The SMILES string of the molecule is CSc1ccc(OC(F)F)c(-c2nn(CC(=O)N3CCC(N4CCC[C@H](C#N)C4)CC3)cc2NC(=O)c2cnn3cccnc23)c1. The van der Waals surface area contributed by atoms with Gasteiger partial charge in [-0.05, 0) is 62.7 Å². The van der Waals surface area contributed by atoms with Gasteiger partial charge in [-0.2, -0.15) is 24.2 Å². The summed E-state index contributed by atoms with van der Waals surface area (Å²) in [6.07, 6.45) is 11.5. The number of carbonyl (C=O) groups excluding carboxylic acids is 2. The molecule has 0 unspecified atom stereocenters. The summed E-state index contributed by atoms with van der Waals surface area (Å²) in [6.45, 7) is -0.275. The first-order valence-corrected chi connectivity index (χ1v) is 16.3. The highest BCUT2D eigenvalue weighted by Crippen LogP contribution is 2.38. The smallest absolute Gasteiger partial charge is 0.387 e. The maximum absolute atomic E-state index is 13.4. The Kier molecular flexibility index (Phi) is 9.46. The van der Waals surface area contributed by atoms with Crippen LogP contribution in [0.5, 0.6) is 5.75 Å². The first-order chi connectivity index (χ1) is 22.3. The van der Waals surface area contributed by atoms with Gasteiger partial charge in [0, 0.05) is 54.7 Å². The lowest BCUT2D eigenvalue weighted by Crippen LogP contribution is -2.50. The number of thioether (sulfide) groups is 1. The van der Waals surface area contributed by atoms with E-state index in [-0.39, 0.29) is 46.6 Å². The summed E-state index contributed by atoms with van der Waals surface area (Å²) in [5.74, 6) is -0.732. The molecule has 12 nitrogen and oxygen atoms in total. The van der Waals surface area contributed by atoms with Crippen LogP contribution in [-0.2, 0) is 11.3 Å². The molecule has 2 aliphatic heterocycles. The summed E-state index contributed by atoms with van der Waals surface area (Å²) < 4.78 is 34.5. The number of halogens is 2. The number of alkyl halides is 2. The van der Waals surface area contributed by atoms with E-state index < -0.39 is 12.5 Å². The van der Waals surface area contributed by atoms with Gasteiger partial charge in [0.05, 0.1) is 23.9 Å². The van der Waals surface area contributed by atoms with Gasteiger partial charge >= 0.3 is 6.61 Å². The third kappa shape index (κ3) is 6.82. The standard InChI is InChI=1S/C31H33F2N9O3S/c1-46-22-5-6-26(45-31(32)33)23(14-22)28-25(37-30(44)24-16-36-42-11-3-9-35-29(24)42)18-41(38-28)19-27(43)39-12-7-21(8-13-39)40-10-2-4-20(15-34)17-40/h3,5-6,9,11,14,16,18,20-21,31H,2,4,7-8,10,12-13,17,19H2,1H3,(H,37,44)/t20-/m1/s1. The highest BCUT2D eigenvalue weighted by Gasteiger charge is 2.31. The van der Waals surface area contributed by atoms with Gasteiger partial charge in [0.1, 0.15) is 23.6 Å². The number of ether oxygens (including phenoxy) is 1. The minimum Gasteiger partial charge on any atom is -0.434 e. The first-order valence-electron chi connectivity index (χ1n) is 15.0. The van der Waals surface area contributed by atoms with Crippen molar-refractivity contribution in [1.82, 2.24) is 34.2 Å². The molecule has 2 amide bonds. The Morgan fingerprint density at radius 3 is 2.80 bits per heavy atom. The fourth-order valence-corrected chi connectivity index (χ4v) is 6.59. The second-order valence-corrected chi connectivity index (χ2v) is 12.2. The molecule has 15 heteroatoms. The number of aromatic nitrogens is 5. The highest BCUT2D eigenvalue weighted by atomic mass is 32.2. The van der Waals surface area contributed by atoms with E-state index in [2.05, 4.69) is 31.5 Å². The largest absolute Gasteiger partial charge is 0.434 e. The Labute approximate surface area is 268 Å². The fraction of sp³-hybridized carbons (Fsp3) is 0.419. The summed E-state index contributed by atoms with van der Waals surface area (Å²) in [5, 5.41) is 21.0. The van der Waals surface area contributed by atoms with Crippen LogP contribution in [-0.4, -0.2) is 91.1 Å². The van der Waals surface area contributed by atoms with Gasteiger partial charge in [0.2, 0.25) is 5.91 Å². The lowest BCUT2D eigenvalue weighted by atomic mass is 9.95. The zero-order valence-corrected chi connectivity index (χ0v) is 26.0. The molecule has 240 valence electrons. The zero-order chi connectivity index (χ0) is 32.2. The number of piperidine rings is 2. The van der Waals surface area contributed by atoms with Crippen LogP contribution in [0.1, 0.15) is 36.0 Å². The minimum absolute atomic E-state index is 0.0597. The summed E-state index contributed by atoms with van der Waals surface area (Å²) in [6, 6.07) is 9.17. The van der Waals surface area contributed by atoms with Crippen LogP contribution in [0.15, 0.2) is 53.9 Å². The number of nitrogens with one attached hydrogen (secondary N) is 1. The quantitative estimate of drug-likeness (QED) is 0.262. The van der Waals surface area contributed by atoms with Gasteiger partial charge in [-0.3, -0.25) is 19.2 Å². The van der Waals surface area contributed by atoms with E-state index >= 15 is 0 Å². The molecule has 4 aromatic rings. The number of rotatable bonds is 9. The van der Waals surface area contributed by atoms with Crippen molar-refractivity contribution in [3.05, 3.63) is 54.6 Å². The maximum Gasteiger partial charge on any atom is 0.387 e. The fourth-order valence-electron chi connectivity index (χ4n) is 6.15. The number of anilines is 1. The zero-order valence-electron chi connectivity index (χ0n) is 25.2. The molecule has 0 saturated carbocycles. The lowest BCUT2D eigenvalue weighted by Gasteiger charge is -2.41. The van der Waals surface area contributed by atoms with Gasteiger partial charge in [0.15, 0.2) is 5.65 Å². The van der Waals surface area contributed by atoms with E-state index in [0.29, 0.717) is 24.8 Å². The van der Waals surface area contributed by atoms with E-state index in [9.17, 15) is 23.6 Å². The van der Waals surface area contributed by atoms with Gasteiger partial charge in [-0.15, -0.1) is 11.8 Å². The average Bonchev–Trinajstić information content (AvgIpc) is 3.68. The molecule has 0 aliphatic carbocycles. The number of amides is 2. The number of nitriles is 1. The summed E-state index contributed by atoms with van der Waals surface area (Å²) in [5.41, 5.74) is 1.17. The third-order valence-electron chi connectivity index (χ3n) is 8.46. The van der Waals surface area contributed by atoms with Gasteiger partial charge < -0.3 is 15.0 Å². The molecule has 5 heterocycles. The Hall–Kier alpha value is -4.55. The van der Waals surface area contributed by atoms with Crippen molar-refractivity contribution in [3.8, 4) is 23.1 Å². The van der Waals surface area contributed by atoms with Crippen LogP contribution in [0.2, 0.25) is 0 Å². The monoisotopic (exact) mass is 649 g/mol. The number of likely N-dealkylation sites (tertiary alicyclic amines) is 2. The molecule has 2 saturated heterocycles. The predicted molar refractivity (Wildman–Crippen MR) is 167 cm³/mol. The predicted octanol–water partition coefficient (Wildman–Crippen LogP) is 4.39. The topological polar surface area (TPSA) is 134 Å². The van der Waals surface area contributed by atoms with E-state index in [1.165, 1.54) is 39.4 Å². The van der Waals surface area contributed by atoms with Crippen LogP contribution in [0.4, 0.5) is 14.5 Å². The van der Waals surface area contributed by atoms with Crippen LogP contribution in [0.25, 0.3) is 16.9 Å². The van der Waals surface area contributed by atoms with Crippen LogP contribution < -0.4 is 10.1 Å². The number of nitrogens with zero attached hydrogens (tertiary/aromatic N) is 8. The first kappa shape index (κ1) is 31.4. The summed E-state index contributed by atoms with van der Waals surface area (Å²) in [7, 11) is 0. The van der Waals surface area contributed by atoms with E-state index in [0.717, 1.165) is 43.7 Å². The number of hydrogen-bond donors (Lipinski definition) is 1. The van der Waals surface area contributed by atoms with Crippen LogP contribution in [0.3, 0.4) is 0 Å². The Morgan fingerprint density at radius 2 is 2.04 bits per heavy atom. The Bertz CT molecular complexity index is 1760. The van der Waals surface area contributed by atoms with Gasteiger partial charge in [0.25, 0.3) is 5.91 Å². The van der Waals surface area contributed by atoms with Crippen molar-refractivity contribution in [2.45, 2.75) is 49.8 Å². The molecule has 0 radical (unpaired) electrons. The van der Waals surface area contributed by atoms with Crippen LogP contribution >= 0.6 is 11.8 Å². The molecule has 3 aromatic heterocycles. The summed E-state index contributed by atoms with van der Waals surface area (Å²) >= 11 is 1.41. The van der Waals surface area contributed by atoms with Crippen molar-refractivity contribution in [3.63, 3.8) is 0 Å². The molecule has 46 heavy (non-hydrogen) atoms. The van der Waals surface area contributed by atoms with Gasteiger partial charge in [-0.25, -0.2) is 9.50 Å². The summed E-state index contributed by atoms with van der Waals surface area (Å²) in [4.78, 5) is 36.1. The molecule has 6 rings (SSSR count). The third-order valence-corrected chi connectivity index (χ3v) is 9.18. The maximum atomic E-state index is 13.4. The molecule has 2 fully saturated rings. The Morgan fingerprint density at radius 1 is 1.22 bits per heavy atom. The molecular formula is C31H33F2N9O3S. The van der Waals surface area contributed by atoms with Crippen molar-refractivity contribution in [1.29, 1.82) is 5.26 Å². The molecule has 1 atom stereocenters. The molecule has 1 N–H and O–H groups in total. The van der Waals surface area contributed by atoms with Crippen molar-refractivity contribution < 1.29 is 23.1 Å². The number of carbonyl (C=O) groups is 2. The van der Waals surface area contributed by atoms with Crippen LogP contribution in [0, 0.1) is 17.2 Å². The van der Waals surface area contributed by atoms with Crippen molar-refractivity contribution in [2.24, 2.45) is 5.92 Å². The van der Waals surface area contributed by atoms with Crippen molar-refractivity contribution in [2.75, 3.05) is 37.8 Å². The number of fused-ring (bicyclic) bond motifs is 1. The number of hydrogen-bond acceptors (Lipinski definition) is 9. The van der Waals surface area contributed by atoms with Gasteiger partial charge in [-0.1, -0.05) is 0 Å². The van der Waals surface area contributed by atoms with Crippen molar-refractivity contribution >= 4 is 34.9 Å². The highest BCUT2D eigenvalue weighted by molar-refractivity contribution is 7.98. The molecule has 0 bridgehead atoms. The van der Waals surface area contributed by atoms with E-state index in [4.69, 9.17) is 4.74 Å². The number of benzene rings is 1. The average molecular weight is 650 g/mol. The molecule has 1 aromatic carbocycles. The normalized spacial score (nSPS) is 17.7. The molecule has 2 aliphatic rings. The molecular weight excluding hydrogens is 616 g/mol. The van der Waals surface area contributed by atoms with E-state index in [1.54, 1.807) is 35.5 Å². The Balaban J connectivity index is 1.24. The second-order valence-electron chi connectivity index (χ2n) is 11.3.